The highest BCUT2D eigenvalue weighted by atomic mass is 32.2. The summed E-state index contributed by atoms with van der Waals surface area (Å²) >= 11 is 1.96. The van der Waals surface area contributed by atoms with Crippen molar-refractivity contribution >= 4 is 11.8 Å². The van der Waals surface area contributed by atoms with E-state index in [1.165, 1.54) is 19.3 Å². The van der Waals surface area contributed by atoms with Crippen LogP contribution in [0.1, 0.15) is 47.0 Å². The van der Waals surface area contributed by atoms with Gasteiger partial charge in [0.1, 0.15) is 0 Å². The van der Waals surface area contributed by atoms with Crippen LogP contribution in [0.5, 0.6) is 0 Å². The molecule has 1 N–H and O–H groups in total. The van der Waals surface area contributed by atoms with E-state index in [1.807, 2.05) is 11.8 Å². The average molecular weight is 229 g/mol. The van der Waals surface area contributed by atoms with Crippen LogP contribution in [0.15, 0.2) is 0 Å². The van der Waals surface area contributed by atoms with E-state index in [0.717, 1.165) is 24.4 Å². The largest absolute Gasteiger partial charge is 0.312 e. The summed E-state index contributed by atoms with van der Waals surface area (Å²) in [5, 5.41) is 3.77. The fraction of sp³-hybridized carbons (Fsp3) is 1.00. The first-order valence-corrected chi connectivity index (χ1v) is 7.45. The van der Waals surface area contributed by atoms with Crippen LogP contribution >= 0.6 is 11.8 Å². The monoisotopic (exact) mass is 229 g/mol. The molecule has 0 aromatic carbocycles. The summed E-state index contributed by atoms with van der Waals surface area (Å²) < 4.78 is 0.375. The van der Waals surface area contributed by atoms with Crippen LogP contribution in [0.4, 0.5) is 0 Å². The van der Waals surface area contributed by atoms with Gasteiger partial charge in [-0.3, -0.25) is 0 Å². The maximum absolute atomic E-state index is 3.77. The molecule has 0 radical (unpaired) electrons. The van der Waals surface area contributed by atoms with Crippen molar-refractivity contribution in [3.8, 4) is 0 Å². The minimum Gasteiger partial charge on any atom is -0.312 e. The third-order valence-corrected chi connectivity index (χ3v) is 5.05. The Bertz CT molecular complexity index is 191. The summed E-state index contributed by atoms with van der Waals surface area (Å²) in [5.41, 5.74) is 0. The molecule has 0 aromatic rings. The summed E-state index contributed by atoms with van der Waals surface area (Å²) in [7, 11) is 0. The molecule has 1 aliphatic carbocycles. The molecule has 0 amide bonds. The summed E-state index contributed by atoms with van der Waals surface area (Å²) in [6.07, 6.45) is 6.39. The van der Waals surface area contributed by atoms with Crippen LogP contribution in [0, 0.1) is 11.8 Å². The summed E-state index contributed by atoms with van der Waals surface area (Å²) in [5.74, 6) is 1.77. The Morgan fingerprint density at radius 3 is 2.53 bits per heavy atom. The molecule has 1 rings (SSSR count). The minimum atomic E-state index is 0.375. The molecule has 1 nitrogen and oxygen atoms in total. The van der Waals surface area contributed by atoms with Crippen LogP contribution in [0.25, 0.3) is 0 Å². The highest BCUT2D eigenvalue weighted by Crippen LogP contribution is 2.29. The molecule has 2 heteroatoms. The van der Waals surface area contributed by atoms with Crippen LogP contribution < -0.4 is 5.32 Å². The molecular weight excluding hydrogens is 202 g/mol. The first kappa shape index (κ1) is 13.4. The Morgan fingerprint density at radius 2 is 1.93 bits per heavy atom. The number of rotatable bonds is 4. The first-order valence-electron chi connectivity index (χ1n) is 6.23. The van der Waals surface area contributed by atoms with Crippen molar-refractivity contribution in [3.63, 3.8) is 0 Å². The zero-order valence-corrected chi connectivity index (χ0v) is 11.8. The van der Waals surface area contributed by atoms with E-state index >= 15 is 0 Å². The summed E-state index contributed by atoms with van der Waals surface area (Å²) in [4.78, 5) is 0. The Labute approximate surface area is 99.8 Å². The second-order valence-corrected chi connectivity index (χ2v) is 7.36. The Kier molecular flexibility index (Phi) is 4.98. The van der Waals surface area contributed by atoms with Gasteiger partial charge in [0.25, 0.3) is 0 Å². The molecule has 0 saturated heterocycles. The van der Waals surface area contributed by atoms with Gasteiger partial charge < -0.3 is 5.32 Å². The molecule has 1 saturated carbocycles. The first-order chi connectivity index (χ1) is 6.94. The summed E-state index contributed by atoms with van der Waals surface area (Å²) in [6, 6.07) is 0.750. The van der Waals surface area contributed by atoms with Gasteiger partial charge in [-0.05, 0) is 44.8 Å². The Morgan fingerprint density at radius 1 is 1.27 bits per heavy atom. The van der Waals surface area contributed by atoms with E-state index in [0.29, 0.717) is 4.75 Å². The Hall–Kier alpha value is 0.310. The van der Waals surface area contributed by atoms with Crippen molar-refractivity contribution in [1.29, 1.82) is 0 Å². The second-order valence-electron chi connectivity index (χ2n) is 5.85. The van der Waals surface area contributed by atoms with Crippen LogP contribution in [0.3, 0.4) is 0 Å². The molecule has 3 atom stereocenters. The fourth-order valence-corrected chi connectivity index (χ4v) is 2.49. The predicted molar refractivity (Wildman–Crippen MR) is 71.6 cm³/mol. The van der Waals surface area contributed by atoms with E-state index < -0.39 is 0 Å². The number of hydrogen-bond acceptors (Lipinski definition) is 2. The number of hydrogen-bond donors (Lipinski definition) is 1. The van der Waals surface area contributed by atoms with Gasteiger partial charge in [-0.25, -0.2) is 0 Å². The lowest BCUT2D eigenvalue weighted by molar-refractivity contribution is 0.226. The van der Waals surface area contributed by atoms with Crippen LogP contribution in [-0.4, -0.2) is 23.6 Å². The fourth-order valence-electron chi connectivity index (χ4n) is 2.27. The van der Waals surface area contributed by atoms with Crippen molar-refractivity contribution in [2.45, 2.75) is 57.7 Å². The molecule has 0 aromatic heterocycles. The van der Waals surface area contributed by atoms with Crippen molar-refractivity contribution in [1.82, 2.24) is 5.32 Å². The third-order valence-electron chi connectivity index (χ3n) is 3.80. The zero-order valence-electron chi connectivity index (χ0n) is 11.0. The van der Waals surface area contributed by atoms with Gasteiger partial charge >= 0.3 is 0 Å². The maximum atomic E-state index is 3.77. The third kappa shape index (κ3) is 4.36. The van der Waals surface area contributed by atoms with E-state index in [9.17, 15) is 0 Å². The van der Waals surface area contributed by atoms with E-state index in [2.05, 4.69) is 39.3 Å². The lowest BCUT2D eigenvalue weighted by atomic mass is 9.80. The molecule has 0 spiro atoms. The highest BCUT2D eigenvalue weighted by Gasteiger charge is 2.26. The van der Waals surface area contributed by atoms with Gasteiger partial charge in [0.2, 0.25) is 0 Å². The molecule has 1 fully saturated rings. The quantitative estimate of drug-likeness (QED) is 0.791. The van der Waals surface area contributed by atoms with E-state index in [-0.39, 0.29) is 0 Å². The van der Waals surface area contributed by atoms with E-state index in [4.69, 9.17) is 0 Å². The SMILES string of the molecule is CSC(C)(C)CNC1CC(C)CCC1C. The standard InChI is InChI=1S/C13H27NS/c1-10-6-7-11(2)12(8-10)14-9-13(3,4)15-5/h10-12,14H,6-9H2,1-5H3. The lowest BCUT2D eigenvalue weighted by Crippen LogP contribution is -2.44. The van der Waals surface area contributed by atoms with Crippen molar-refractivity contribution in [2.75, 3.05) is 12.8 Å². The Balaban J connectivity index is 2.36. The maximum Gasteiger partial charge on any atom is 0.0225 e. The van der Waals surface area contributed by atoms with Gasteiger partial charge in [-0.15, -0.1) is 0 Å². The van der Waals surface area contributed by atoms with Crippen molar-refractivity contribution in [2.24, 2.45) is 11.8 Å². The highest BCUT2D eigenvalue weighted by molar-refractivity contribution is 7.99. The lowest BCUT2D eigenvalue weighted by Gasteiger charge is -2.35. The average Bonchev–Trinajstić information content (AvgIpc) is 2.20. The number of thioether (sulfide) groups is 1. The molecule has 0 heterocycles. The molecule has 0 bridgehead atoms. The topological polar surface area (TPSA) is 12.0 Å². The summed E-state index contributed by atoms with van der Waals surface area (Å²) in [6.45, 7) is 10.6. The molecule has 1 aliphatic rings. The van der Waals surface area contributed by atoms with Gasteiger partial charge in [0.15, 0.2) is 0 Å². The molecular formula is C13H27NS. The van der Waals surface area contributed by atoms with Gasteiger partial charge in [-0.2, -0.15) is 11.8 Å². The van der Waals surface area contributed by atoms with Crippen molar-refractivity contribution < 1.29 is 0 Å². The van der Waals surface area contributed by atoms with Gasteiger partial charge in [-0.1, -0.05) is 20.3 Å². The zero-order chi connectivity index (χ0) is 11.5. The van der Waals surface area contributed by atoms with Crippen molar-refractivity contribution in [3.05, 3.63) is 0 Å². The van der Waals surface area contributed by atoms with Gasteiger partial charge in [0.05, 0.1) is 0 Å². The molecule has 0 aliphatic heterocycles. The van der Waals surface area contributed by atoms with Crippen LogP contribution in [-0.2, 0) is 0 Å². The van der Waals surface area contributed by atoms with Crippen LogP contribution in [0.2, 0.25) is 0 Å². The molecule has 15 heavy (non-hydrogen) atoms. The predicted octanol–water partition coefficient (Wildman–Crippen LogP) is 3.54. The van der Waals surface area contributed by atoms with E-state index in [1.54, 1.807) is 0 Å². The number of nitrogens with one attached hydrogen (secondary N) is 1. The molecule has 90 valence electrons. The normalized spacial score (nSPS) is 33.0. The van der Waals surface area contributed by atoms with Gasteiger partial charge in [0, 0.05) is 17.3 Å². The minimum absolute atomic E-state index is 0.375. The molecule has 3 unspecified atom stereocenters. The smallest absolute Gasteiger partial charge is 0.0225 e. The second kappa shape index (κ2) is 5.58.